The zero-order valence-corrected chi connectivity index (χ0v) is 11.0. The summed E-state index contributed by atoms with van der Waals surface area (Å²) in [5, 5.41) is 1.64. The van der Waals surface area contributed by atoms with Crippen molar-refractivity contribution < 1.29 is 0 Å². The first-order valence-corrected chi connectivity index (χ1v) is 7.06. The zero-order valence-electron chi connectivity index (χ0n) is 10.1. The van der Waals surface area contributed by atoms with Crippen LogP contribution in [0.2, 0.25) is 0 Å². The molecular weight excluding hydrogens is 175 g/mol. The molecule has 0 nitrogen and oxygen atoms in total. The van der Waals surface area contributed by atoms with E-state index in [0.717, 1.165) is 11.8 Å². The summed E-state index contributed by atoms with van der Waals surface area (Å²) in [6.45, 7) is 13.8. The third-order valence-electron chi connectivity index (χ3n) is 2.09. The van der Waals surface area contributed by atoms with E-state index in [-0.39, 0.29) is 7.92 Å². The van der Waals surface area contributed by atoms with Crippen molar-refractivity contribution in [3.05, 3.63) is 11.4 Å². The van der Waals surface area contributed by atoms with Gasteiger partial charge in [-0.25, -0.2) is 0 Å². The Morgan fingerprint density at radius 1 is 1.08 bits per heavy atom. The maximum absolute atomic E-state index is 2.33. The molecule has 0 amide bonds. The van der Waals surface area contributed by atoms with E-state index in [0.29, 0.717) is 0 Å². The molecule has 0 N–H and O–H groups in total. The predicted octanol–water partition coefficient (Wildman–Crippen LogP) is 4.70. The highest BCUT2D eigenvalue weighted by atomic mass is 31.1. The van der Waals surface area contributed by atoms with E-state index in [1.165, 1.54) is 12.3 Å². The van der Waals surface area contributed by atoms with Gasteiger partial charge in [0.2, 0.25) is 0 Å². The Morgan fingerprint density at radius 3 is 1.69 bits per heavy atom. The molecule has 0 rings (SSSR count). The van der Waals surface area contributed by atoms with Gasteiger partial charge in [0.15, 0.2) is 0 Å². The molecule has 0 aliphatic carbocycles. The lowest BCUT2D eigenvalue weighted by molar-refractivity contribution is 0.720. The van der Waals surface area contributed by atoms with Crippen LogP contribution in [0.1, 0.15) is 41.5 Å². The van der Waals surface area contributed by atoms with Crippen molar-refractivity contribution in [1.29, 1.82) is 0 Å². The van der Waals surface area contributed by atoms with E-state index in [1.807, 2.05) is 0 Å². The van der Waals surface area contributed by atoms with E-state index >= 15 is 0 Å². The second kappa shape index (κ2) is 6.60. The zero-order chi connectivity index (χ0) is 10.4. The Balaban J connectivity index is 4.19. The third-order valence-corrected chi connectivity index (χ3v) is 5.69. The van der Waals surface area contributed by atoms with Crippen LogP contribution >= 0.6 is 7.92 Å². The van der Waals surface area contributed by atoms with Gasteiger partial charge in [0, 0.05) is 0 Å². The molecule has 0 aromatic carbocycles. The van der Waals surface area contributed by atoms with Crippen LogP contribution in [0.4, 0.5) is 0 Å². The van der Waals surface area contributed by atoms with Crippen molar-refractivity contribution >= 4 is 7.92 Å². The number of hydrogen-bond acceptors (Lipinski definition) is 0. The summed E-state index contributed by atoms with van der Waals surface area (Å²) < 4.78 is 0. The van der Waals surface area contributed by atoms with Crippen LogP contribution in [-0.2, 0) is 0 Å². The quantitative estimate of drug-likeness (QED) is 0.564. The van der Waals surface area contributed by atoms with E-state index in [4.69, 9.17) is 0 Å². The van der Waals surface area contributed by atoms with Crippen LogP contribution in [0, 0.1) is 11.8 Å². The molecule has 0 aromatic rings. The van der Waals surface area contributed by atoms with Crippen molar-refractivity contribution in [1.82, 2.24) is 0 Å². The fraction of sp³-hybridized carbons (Fsp3) is 0.833. The van der Waals surface area contributed by atoms with Crippen LogP contribution in [0.15, 0.2) is 11.4 Å². The molecule has 0 heterocycles. The average Bonchev–Trinajstić information content (AvgIpc) is 2.00. The van der Waals surface area contributed by atoms with Crippen molar-refractivity contribution in [2.45, 2.75) is 41.5 Å². The minimum Gasteiger partial charge on any atom is -0.0842 e. The second-order valence-corrected chi connectivity index (χ2v) is 7.14. The lowest BCUT2D eigenvalue weighted by atomic mass is 10.3. The fourth-order valence-electron chi connectivity index (χ4n) is 1.43. The second-order valence-electron chi connectivity index (χ2n) is 4.62. The van der Waals surface area contributed by atoms with Crippen LogP contribution in [-0.4, -0.2) is 12.3 Å². The molecule has 78 valence electrons. The first-order valence-electron chi connectivity index (χ1n) is 5.35. The van der Waals surface area contributed by atoms with E-state index in [2.05, 4.69) is 47.6 Å². The lowest BCUT2D eigenvalue weighted by Gasteiger charge is -2.22. The molecule has 0 saturated heterocycles. The van der Waals surface area contributed by atoms with Gasteiger partial charge in [-0.05, 0) is 38.0 Å². The number of rotatable bonds is 5. The summed E-state index contributed by atoms with van der Waals surface area (Å²) in [4.78, 5) is 0. The van der Waals surface area contributed by atoms with Gasteiger partial charge in [-0.1, -0.05) is 47.0 Å². The Morgan fingerprint density at radius 2 is 1.46 bits per heavy atom. The summed E-state index contributed by atoms with van der Waals surface area (Å²) in [6, 6.07) is 0. The molecular formula is C12H25P. The molecule has 0 fully saturated rings. The van der Waals surface area contributed by atoms with Crippen LogP contribution in [0.3, 0.4) is 0 Å². The fourth-order valence-corrected chi connectivity index (χ4v) is 4.28. The van der Waals surface area contributed by atoms with Crippen molar-refractivity contribution in [2.75, 3.05) is 12.3 Å². The SMILES string of the molecule is C/C=C(\C)P(CC(C)C)CC(C)C. The molecule has 0 bridgehead atoms. The van der Waals surface area contributed by atoms with Gasteiger partial charge in [-0.3, -0.25) is 0 Å². The van der Waals surface area contributed by atoms with E-state index in [1.54, 1.807) is 5.31 Å². The minimum atomic E-state index is 0.160. The number of allylic oxidation sites excluding steroid dienone is 2. The number of hydrogen-bond donors (Lipinski definition) is 0. The molecule has 0 aliphatic heterocycles. The van der Waals surface area contributed by atoms with Gasteiger partial charge in [0.05, 0.1) is 0 Å². The summed E-state index contributed by atoms with van der Waals surface area (Å²) in [6.07, 6.45) is 5.11. The summed E-state index contributed by atoms with van der Waals surface area (Å²) in [7, 11) is 0.160. The lowest BCUT2D eigenvalue weighted by Crippen LogP contribution is -2.02. The minimum absolute atomic E-state index is 0.160. The first kappa shape index (κ1) is 13.2. The van der Waals surface area contributed by atoms with Crippen molar-refractivity contribution in [2.24, 2.45) is 11.8 Å². The largest absolute Gasteiger partial charge is 0.0842 e. The molecule has 0 atom stereocenters. The smallest absolute Gasteiger partial charge is 0.0265 e. The first-order chi connectivity index (χ1) is 5.97. The van der Waals surface area contributed by atoms with Gasteiger partial charge in [0.1, 0.15) is 0 Å². The van der Waals surface area contributed by atoms with Gasteiger partial charge < -0.3 is 0 Å². The van der Waals surface area contributed by atoms with Crippen LogP contribution < -0.4 is 0 Å². The Hall–Kier alpha value is 0.170. The molecule has 13 heavy (non-hydrogen) atoms. The van der Waals surface area contributed by atoms with Gasteiger partial charge in [-0.15, -0.1) is 0 Å². The van der Waals surface area contributed by atoms with E-state index < -0.39 is 0 Å². The summed E-state index contributed by atoms with van der Waals surface area (Å²) >= 11 is 0. The van der Waals surface area contributed by atoms with Crippen molar-refractivity contribution in [3.63, 3.8) is 0 Å². The summed E-state index contributed by atoms with van der Waals surface area (Å²) in [5.41, 5.74) is 0. The predicted molar refractivity (Wildman–Crippen MR) is 65.8 cm³/mol. The molecule has 1 heteroatoms. The van der Waals surface area contributed by atoms with Crippen LogP contribution in [0.25, 0.3) is 0 Å². The highest BCUT2D eigenvalue weighted by Gasteiger charge is 2.12. The Kier molecular flexibility index (Phi) is 6.68. The molecule has 0 saturated carbocycles. The summed E-state index contributed by atoms with van der Waals surface area (Å²) in [5.74, 6) is 1.69. The molecule has 0 aliphatic rings. The Labute approximate surface area is 85.6 Å². The maximum Gasteiger partial charge on any atom is -0.0265 e. The van der Waals surface area contributed by atoms with Gasteiger partial charge in [0.25, 0.3) is 0 Å². The molecule has 0 unspecified atom stereocenters. The molecule has 0 spiro atoms. The Bertz CT molecular complexity index is 147. The van der Waals surface area contributed by atoms with Gasteiger partial charge >= 0.3 is 0 Å². The van der Waals surface area contributed by atoms with Crippen LogP contribution in [0.5, 0.6) is 0 Å². The molecule has 0 radical (unpaired) electrons. The molecule has 0 aromatic heterocycles. The highest BCUT2D eigenvalue weighted by molar-refractivity contribution is 7.62. The van der Waals surface area contributed by atoms with Gasteiger partial charge in [-0.2, -0.15) is 0 Å². The maximum atomic E-state index is 2.33. The normalized spacial score (nSPS) is 13.5. The van der Waals surface area contributed by atoms with E-state index in [9.17, 15) is 0 Å². The standard InChI is InChI=1S/C12H25P/c1-7-12(6)13(8-10(2)3)9-11(4)5/h7,10-11H,8-9H2,1-6H3/b12-7+. The van der Waals surface area contributed by atoms with Crippen molar-refractivity contribution in [3.8, 4) is 0 Å². The topological polar surface area (TPSA) is 0 Å². The average molecular weight is 200 g/mol. The monoisotopic (exact) mass is 200 g/mol. The highest BCUT2D eigenvalue weighted by Crippen LogP contribution is 2.47. The third kappa shape index (κ3) is 6.27.